The van der Waals surface area contributed by atoms with Crippen molar-refractivity contribution in [1.29, 1.82) is 0 Å². The maximum absolute atomic E-state index is 13.7. The zero-order valence-electron chi connectivity index (χ0n) is 21.5. The summed E-state index contributed by atoms with van der Waals surface area (Å²) in [5, 5.41) is 3.41. The summed E-state index contributed by atoms with van der Waals surface area (Å²) < 4.78 is 11.2. The van der Waals surface area contributed by atoms with Crippen molar-refractivity contribution in [2.75, 3.05) is 24.5 Å². The number of nitrogens with one attached hydrogen (secondary N) is 1. The van der Waals surface area contributed by atoms with E-state index in [9.17, 15) is 9.59 Å². The van der Waals surface area contributed by atoms with E-state index < -0.39 is 17.7 Å². The molecule has 0 aliphatic carbocycles. The van der Waals surface area contributed by atoms with Crippen molar-refractivity contribution < 1.29 is 19.1 Å². The molecule has 9 nitrogen and oxygen atoms in total. The number of nitrogens with zero attached hydrogens (tertiary/aromatic N) is 4. The summed E-state index contributed by atoms with van der Waals surface area (Å²) in [6, 6.07) is 6.52. The number of hydrogen-bond acceptors (Lipinski definition) is 7. The predicted molar refractivity (Wildman–Crippen MR) is 137 cm³/mol. The predicted octanol–water partition coefficient (Wildman–Crippen LogP) is 3.89. The normalized spacial score (nSPS) is 20.6. The van der Waals surface area contributed by atoms with E-state index in [4.69, 9.17) is 21.1 Å². The third-order valence-electron chi connectivity index (χ3n) is 6.38. The molecule has 2 aliphatic heterocycles. The molecular weight excluding hydrogens is 482 g/mol. The topological polar surface area (TPSA) is 96.9 Å². The Bertz CT molecular complexity index is 1100. The van der Waals surface area contributed by atoms with Gasteiger partial charge in [-0.05, 0) is 52.3 Å². The second kappa shape index (κ2) is 10.6. The highest BCUT2D eigenvalue weighted by atomic mass is 35.5. The molecule has 3 heterocycles. The molecule has 2 aromatic rings. The van der Waals surface area contributed by atoms with E-state index in [0.29, 0.717) is 37.7 Å². The Morgan fingerprint density at radius 1 is 1.19 bits per heavy atom. The molecule has 0 bridgehead atoms. The first kappa shape index (κ1) is 26.2. The van der Waals surface area contributed by atoms with E-state index in [1.807, 2.05) is 19.1 Å². The van der Waals surface area contributed by atoms with Crippen LogP contribution in [0.25, 0.3) is 0 Å². The minimum absolute atomic E-state index is 0.0206. The third kappa shape index (κ3) is 6.07. The minimum atomic E-state index is -0.767. The van der Waals surface area contributed by atoms with Crippen molar-refractivity contribution in [3.05, 3.63) is 52.4 Å². The van der Waals surface area contributed by atoms with Crippen LogP contribution in [0.5, 0.6) is 0 Å². The number of carbonyl (C=O) groups is 2. The highest BCUT2D eigenvalue weighted by Crippen LogP contribution is 2.36. The van der Waals surface area contributed by atoms with E-state index in [-0.39, 0.29) is 18.1 Å². The van der Waals surface area contributed by atoms with Gasteiger partial charge in [0.15, 0.2) is 0 Å². The van der Waals surface area contributed by atoms with Crippen molar-refractivity contribution in [2.45, 2.75) is 71.4 Å². The van der Waals surface area contributed by atoms with Gasteiger partial charge in [-0.3, -0.25) is 4.79 Å². The number of ether oxygens (including phenoxy) is 2. The molecule has 1 saturated heterocycles. The first-order valence-corrected chi connectivity index (χ1v) is 12.6. The SMILES string of the molecule is CC1OCc2ncnc(N3CCN(C(=O)[C@@H](Cc4ccc(Cl)cc4)NC(=O)OC(C)(C)C)C[C@@H]3C)c21. The van der Waals surface area contributed by atoms with Crippen LogP contribution in [0.15, 0.2) is 30.6 Å². The van der Waals surface area contributed by atoms with E-state index >= 15 is 0 Å². The number of halogens is 1. The van der Waals surface area contributed by atoms with Crippen molar-refractivity contribution in [3.63, 3.8) is 0 Å². The molecule has 3 atom stereocenters. The first-order chi connectivity index (χ1) is 17.0. The van der Waals surface area contributed by atoms with Gasteiger partial charge in [-0.15, -0.1) is 0 Å². The van der Waals surface area contributed by atoms with Crippen LogP contribution in [0, 0.1) is 0 Å². The molecule has 1 unspecified atom stereocenters. The molecule has 0 saturated carbocycles. The molecule has 2 aliphatic rings. The highest BCUT2D eigenvalue weighted by molar-refractivity contribution is 6.30. The number of carbonyl (C=O) groups excluding carboxylic acids is 2. The van der Waals surface area contributed by atoms with Crippen LogP contribution in [-0.2, 0) is 27.3 Å². The number of fused-ring (bicyclic) bond motifs is 1. The third-order valence-corrected chi connectivity index (χ3v) is 6.63. The van der Waals surface area contributed by atoms with Crippen molar-refractivity contribution in [2.24, 2.45) is 0 Å². The molecule has 0 radical (unpaired) electrons. The standard InChI is InChI=1S/C26H34ClN5O4/c1-16-13-31(10-11-32(16)23-22-17(2)35-14-21(22)28-15-29-23)24(33)20(30-25(34)36-26(3,4)5)12-18-6-8-19(27)9-7-18/h6-9,15-17,20H,10-14H2,1-5H3,(H,30,34)/t16-,17?,20+/m0/s1. The molecule has 2 amide bonds. The molecule has 4 rings (SSSR count). The van der Waals surface area contributed by atoms with E-state index in [1.54, 1.807) is 44.1 Å². The Labute approximate surface area is 217 Å². The number of hydrogen-bond donors (Lipinski definition) is 1. The number of piperazine rings is 1. The first-order valence-electron chi connectivity index (χ1n) is 12.3. The Balaban J connectivity index is 1.49. The van der Waals surface area contributed by atoms with Crippen LogP contribution < -0.4 is 10.2 Å². The monoisotopic (exact) mass is 515 g/mol. The van der Waals surface area contributed by atoms with Crippen LogP contribution in [0.3, 0.4) is 0 Å². The van der Waals surface area contributed by atoms with Crippen LogP contribution in [0.2, 0.25) is 5.02 Å². The molecule has 194 valence electrons. The molecule has 1 N–H and O–H groups in total. The number of rotatable bonds is 5. The molecule has 0 spiro atoms. The number of benzene rings is 1. The number of aromatic nitrogens is 2. The average molecular weight is 516 g/mol. The van der Waals surface area contributed by atoms with E-state index in [2.05, 4.69) is 27.1 Å². The summed E-state index contributed by atoms with van der Waals surface area (Å²) >= 11 is 6.03. The highest BCUT2D eigenvalue weighted by Gasteiger charge is 2.35. The fourth-order valence-electron chi connectivity index (χ4n) is 4.67. The fraction of sp³-hybridized carbons (Fsp3) is 0.538. The lowest BCUT2D eigenvalue weighted by atomic mass is 10.0. The van der Waals surface area contributed by atoms with E-state index in [0.717, 1.165) is 22.6 Å². The van der Waals surface area contributed by atoms with Gasteiger partial charge in [-0.25, -0.2) is 14.8 Å². The zero-order valence-corrected chi connectivity index (χ0v) is 22.2. The fourth-order valence-corrected chi connectivity index (χ4v) is 4.79. The molecular formula is C26H34ClN5O4. The van der Waals surface area contributed by atoms with Gasteiger partial charge in [0.25, 0.3) is 0 Å². The summed E-state index contributed by atoms with van der Waals surface area (Å²) in [5.74, 6) is 0.723. The second-order valence-corrected chi connectivity index (χ2v) is 10.8. The summed E-state index contributed by atoms with van der Waals surface area (Å²) in [4.78, 5) is 39.2. The molecule has 1 aromatic heterocycles. The van der Waals surface area contributed by atoms with Gasteiger partial charge in [0, 0.05) is 42.7 Å². The minimum Gasteiger partial charge on any atom is -0.444 e. The van der Waals surface area contributed by atoms with Gasteiger partial charge in [0.1, 0.15) is 23.8 Å². The summed E-state index contributed by atoms with van der Waals surface area (Å²) in [6.07, 6.45) is 1.22. The van der Waals surface area contributed by atoms with Crippen LogP contribution in [-0.4, -0.2) is 64.2 Å². The molecule has 10 heteroatoms. The van der Waals surface area contributed by atoms with Gasteiger partial charge < -0.3 is 24.6 Å². The lowest BCUT2D eigenvalue weighted by Gasteiger charge is -2.42. The maximum atomic E-state index is 13.7. The van der Waals surface area contributed by atoms with Crippen molar-refractivity contribution >= 4 is 29.4 Å². The second-order valence-electron chi connectivity index (χ2n) is 10.4. The lowest BCUT2D eigenvalue weighted by molar-refractivity contribution is -0.134. The smallest absolute Gasteiger partial charge is 0.408 e. The van der Waals surface area contributed by atoms with Gasteiger partial charge in [-0.2, -0.15) is 0 Å². The summed E-state index contributed by atoms with van der Waals surface area (Å²) in [7, 11) is 0. The Kier molecular flexibility index (Phi) is 7.70. The van der Waals surface area contributed by atoms with E-state index in [1.165, 1.54) is 0 Å². The molecule has 1 aromatic carbocycles. The van der Waals surface area contributed by atoms with Gasteiger partial charge in [0.2, 0.25) is 5.91 Å². The van der Waals surface area contributed by atoms with Gasteiger partial charge in [-0.1, -0.05) is 23.7 Å². The van der Waals surface area contributed by atoms with Gasteiger partial charge in [0.05, 0.1) is 18.4 Å². The largest absolute Gasteiger partial charge is 0.444 e. The lowest BCUT2D eigenvalue weighted by Crippen LogP contribution is -2.59. The zero-order chi connectivity index (χ0) is 26.0. The molecule has 1 fully saturated rings. The maximum Gasteiger partial charge on any atom is 0.408 e. The van der Waals surface area contributed by atoms with Crippen LogP contribution in [0.1, 0.15) is 57.5 Å². The Hall–Kier alpha value is -2.91. The molecule has 36 heavy (non-hydrogen) atoms. The van der Waals surface area contributed by atoms with Gasteiger partial charge >= 0.3 is 6.09 Å². The Morgan fingerprint density at radius 3 is 2.58 bits per heavy atom. The van der Waals surface area contributed by atoms with Crippen molar-refractivity contribution in [1.82, 2.24) is 20.2 Å². The van der Waals surface area contributed by atoms with Crippen LogP contribution in [0.4, 0.5) is 10.6 Å². The number of anilines is 1. The quantitative estimate of drug-likeness (QED) is 0.645. The summed E-state index contributed by atoms with van der Waals surface area (Å²) in [6.45, 7) is 11.6. The average Bonchev–Trinajstić information content (AvgIpc) is 3.19. The van der Waals surface area contributed by atoms with Crippen molar-refractivity contribution in [3.8, 4) is 0 Å². The van der Waals surface area contributed by atoms with Crippen LogP contribution >= 0.6 is 11.6 Å². The number of amides is 2. The Morgan fingerprint density at radius 2 is 1.92 bits per heavy atom. The number of alkyl carbamates (subject to hydrolysis) is 1. The summed E-state index contributed by atoms with van der Waals surface area (Å²) in [5.41, 5.74) is 2.17.